The van der Waals surface area contributed by atoms with Crippen molar-refractivity contribution in [1.29, 1.82) is 0 Å². The minimum absolute atomic E-state index is 0.00395. The van der Waals surface area contributed by atoms with Gasteiger partial charge in [-0.2, -0.15) is 0 Å². The van der Waals surface area contributed by atoms with E-state index in [4.69, 9.17) is 4.74 Å². The topological polar surface area (TPSA) is 99.7 Å². The summed E-state index contributed by atoms with van der Waals surface area (Å²) in [5.41, 5.74) is 3.00. The monoisotopic (exact) mass is 437 g/mol. The third kappa shape index (κ3) is 5.22. The SMILES string of the molecule is COc1ccc(CNC(=O)NC2CCC(C(=O)NC3Cc4ccccc4C3O)CC2)cc1. The maximum Gasteiger partial charge on any atom is 0.315 e. The summed E-state index contributed by atoms with van der Waals surface area (Å²) in [6.45, 7) is 0.444. The lowest BCUT2D eigenvalue weighted by atomic mass is 9.85. The van der Waals surface area contributed by atoms with Gasteiger partial charge in [-0.3, -0.25) is 4.79 Å². The molecular weight excluding hydrogens is 406 g/mol. The first-order valence-electron chi connectivity index (χ1n) is 11.3. The second-order valence-electron chi connectivity index (χ2n) is 8.69. The van der Waals surface area contributed by atoms with Crippen LogP contribution >= 0.6 is 0 Å². The Morgan fingerprint density at radius 2 is 1.72 bits per heavy atom. The number of aliphatic hydroxyl groups is 1. The van der Waals surface area contributed by atoms with Gasteiger partial charge >= 0.3 is 6.03 Å². The number of methoxy groups -OCH3 is 1. The molecule has 3 amide bonds. The van der Waals surface area contributed by atoms with Crippen molar-refractivity contribution in [1.82, 2.24) is 16.0 Å². The first kappa shape index (κ1) is 22.1. The van der Waals surface area contributed by atoms with E-state index in [1.165, 1.54) is 0 Å². The van der Waals surface area contributed by atoms with Gasteiger partial charge in [0.1, 0.15) is 5.75 Å². The van der Waals surface area contributed by atoms with E-state index < -0.39 is 6.10 Å². The fraction of sp³-hybridized carbons (Fsp3) is 0.440. The van der Waals surface area contributed by atoms with E-state index in [2.05, 4.69) is 16.0 Å². The number of rotatable bonds is 6. The van der Waals surface area contributed by atoms with Crippen molar-refractivity contribution in [3.05, 3.63) is 65.2 Å². The molecule has 2 unspecified atom stereocenters. The summed E-state index contributed by atoms with van der Waals surface area (Å²) in [6, 6.07) is 15.0. The standard InChI is InChI=1S/C25H31N3O4/c1-32-20-12-6-16(7-13-20)15-26-25(31)27-19-10-8-17(9-11-19)24(30)28-22-14-18-4-2-3-5-21(18)23(22)29/h2-7,12-13,17,19,22-23,29H,8-11,14-15H2,1H3,(H,28,30)(H2,26,27,31). The molecule has 0 heterocycles. The summed E-state index contributed by atoms with van der Waals surface area (Å²) < 4.78 is 5.14. The summed E-state index contributed by atoms with van der Waals surface area (Å²) in [4.78, 5) is 25.0. The molecule has 0 radical (unpaired) electrons. The molecule has 2 aliphatic rings. The predicted octanol–water partition coefficient (Wildman–Crippen LogP) is 2.83. The van der Waals surface area contributed by atoms with Crippen molar-refractivity contribution in [2.75, 3.05) is 7.11 Å². The fourth-order valence-electron chi connectivity index (χ4n) is 4.67. The first-order chi connectivity index (χ1) is 15.5. The number of nitrogens with one attached hydrogen (secondary N) is 3. The second-order valence-corrected chi connectivity index (χ2v) is 8.69. The van der Waals surface area contributed by atoms with Crippen molar-refractivity contribution in [3.8, 4) is 5.75 Å². The number of carbonyl (C=O) groups excluding carboxylic acids is 2. The largest absolute Gasteiger partial charge is 0.497 e. The van der Waals surface area contributed by atoms with Crippen molar-refractivity contribution in [3.63, 3.8) is 0 Å². The van der Waals surface area contributed by atoms with Gasteiger partial charge in [-0.1, -0.05) is 36.4 Å². The molecule has 2 aromatic carbocycles. The summed E-state index contributed by atoms with van der Waals surface area (Å²) in [5.74, 6) is 0.710. The van der Waals surface area contributed by atoms with Crippen LogP contribution in [0.25, 0.3) is 0 Å². The molecule has 32 heavy (non-hydrogen) atoms. The first-order valence-corrected chi connectivity index (χ1v) is 11.3. The smallest absolute Gasteiger partial charge is 0.315 e. The quantitative estimate of drug-likeness (QED) is 0.558. The van der Waals surface area contributed by atoms with Crippen LogP contribution in [0.4, 0.5) is 4.79 Å². The van der Waals surface area contributed by atoms with Gasteiger partial charge in [-0.05, 0) is 60.9 Å². The third-order valence-corrected chi connectivity index (χ3v) is 6.57. The summed E-state index contributed by atoms with van der Waals surface area (Å²) in [7, 11) is 1.62. The van der Waals surface area contributed by atoms with Gasteiger partial charge in [0.15, 0.2) is 0 Å². The van der Waals surface area contributed by atoms with Gasteiger partial charge in [-0.25, -0.2) is 4.79 Å². The highest BCUT2D eigenvalue weighted by Crippen LogP contribution is 2.32. The summed E-state index contributed by atoms with van der Waals surface area (Å²) in [5, 5.41) is 19.5. The number of hydrogen-bond acceptors (Lipinski definition) is 4. The molecule has 170 valence electrons. The average Bonchev–Trinajstić information content (AvgIpc) is 3.13. The second kappa shape index (κ2) is 10.0. The molecule has 7 nitrogen and oxygen atoms in total. The predicted molar refractivity (Wildman–Crippen MR) is 121 cm³/mol. The number of carbonyl (C=O) groups is 2. The number of benzene rings is 2. The summed E-state index contributed by atoms with van der Waals surface area (Å²) in [6.07, 6.45) is 3.00. The molecule has 0 spiro atoms. The Morgan fingerprint density at radius 1 is 1.00 bits per heavy atom. The van der Waals surface area contributed by atoms with Crippen LogP contribution in [0, 0.1) is 5.92 Å². The normalized spacial score (nSPS) is 24.3. The van der Waals surface area contributed by atoms with E-state index in [9.17, 15) is 14.7 Å². The van der Waals surface area contributed by atoms with Crippen LogP contribution in [0.3, 0.4) is 0 Å². The molecule has 0 aliphatic heterocycles. The van der Waals surface area contributed by atoms with Gasteiger partial charge in [0, 0.05) is 18.5 Å². The van der Waals surface area contributed by atoms with Crippen molar-refractivity contribution < 1.29 is 19.4 Å². The number of fused-ring (bicyclic) bond motifs is 1. The van der Waals surface area contributed by atoms with Crippen LogP contribution in [0.5, 0.6) is 5.75 Å². The zero-order valence-corrected chi connectivity index (χ0v) is 18.3. The van der Waals surface area contributed by atoms with Gasteiger partial charge in [0.2, 0.25) is 5.91 Å². The van der Waals surface area contributed by atoms with E-state index >= 15 is 0 Å². The molecule has 0 saturated heterocycles. The van der Waals surface area contributed by atoms with Crippen molar-refractivity contribution >= 4 is 11.9 Å². The molecule has 4 rings (SSSR count). The van der Waals surface area contributed by atoms with Crippen LogP contribution in [0.2, 0.25) is 0 Å². The van der Waals surface area contributed by atoms with E-state index in [-0.39, 0.29) is 29.9 Å². The lowest BCUT2D eigenvalue weighted by molar-refractivity contribution is -0.127. The Morgan fingerprint density at radius 3 is 2.41 bits per heavy atom. The highest BCUT2D eigenvalue weighted by atomic mass is 16.5. The highest BCUT2D eigenvalue weighted by Gasteiger charge is 2.34. The van der Waals surface area contributed by atoms with Crippen LogP contribution < -0.4 is 20.7 Å². The minimum atomic E-state index is -0.650. The molecule has 2 aliphatic carbocycles. The summed E-state index contributed by atoms with van der Waals surface area (Å²) >= 11 is 0. The van der Waals surface area contributed by atoms with E-state index in [1.807, 2.05) is 48.5 Å². The van der Waals surface area contributed by atoms with Gasteiger partial charge in [0.05, 0.1) is 19.3 Å². The van der Waals surface area contributed by atoms with Gasteiger partial charge < -0.3 is 25.8 Å². The van der Waals surface area contributed by atoms with Gasteiger partial charge in [-0.15, -0.1) is 0 Å². The Balaban J connectivity index is 1.18. The average molecular weight is 438 g/mol. The number of hydrogen-bond donors (Lipinski definition) is 4. The maximum atomic E-state index is 12.8. The molecule has 1 saturated carbocycles. The van der Waals surface area contributed by atoms with Crippen LogP contribution in [0.1, 0.15) is 48.5 Å². The maximum absolute atomic E-state index is 12.8. The van der Waals surface area contributed by atoms with E-state index in [0.717, 1.165) is 48.1 Å². The Labute approximate surface area is 188 Å². The fourth-order valence-corrected chi connectivity index (χ4v) is 4.67. The van der Waals surface area contributed by atoms with Crippen molar-refractivity contribution in [2.24, 2.45) is 5.92 Å². The Hall–Kier alpha value is -3.06. The Bertz CT molecular complexity index is 938. The molecule has 7 heteroatoms. The molecule has 0 aromatic heterocycles. The number of ether oxygens (including phenoxy) is 1. The highest BCUT2D eigenvalue weighted by molar-refractivity contribution is 5.79. The number of aliphatic hydroxyl groups excluding tert-OH is 1. The van der Waals surface area contributed by atoms with E-state index in [0.29, 0.717) is 13.0 Å². The van der Waals surface area contributed by atoms with Crippen molar-refractivity contribution in [2.45, 2.75) is 56.8 Å². The minimum Gasteiger partial charge on any atom is -0.497 e. The molecule has 0 bridgehead atoms. The molecule has 4 N–H and O–H groups in total. The lowest BCUT2D eigenvalue weighted by Gasteiger charge is -2.29. The van der Waals surface area contributed by atoms with Crippen LogP contribution in [-0.2, 0) is 17.8 Å². The molecule has 2 aromatic rings. The lowest BCUT2D eigenvalue weighted by Crippen LogP contribution is -2.46. The molecular formula is C25H31N3O4. The van der Waals surface area contributed by atoms with Gasteiger partial charge in [0.25, 0.3) is 0 Å². The van der Waals surface area contributed by atoms with E-state index in [1.54, 1.807) is 7.11 Å². The van der Waals surface area contributed by atoms with Crippen LogP contribution in [-0.4, -0.2) is 36.2 Å². The zero-order valence-electron chi connectivity index (χ0n) is 18.3. The number of urea groups is 1. The molecule has 1 fully saturated rings. The van der Waals surface area contributed by atoms with Crippen LogP contribution in [0.15, 0.2) is 48.5 Å². The zero-order chi connectivity index (χ0) is 22.5. The third-order valence-electron chi connectivity index (χ3n) is 6.57. The number of amides is 3. The Kier molecular flexibility index (Phi) is 6.95. The molecule has 2 atom stereocenters.